The Morgan fingerprint density at radius 3 is 2.18 bits per heavy atom. The van der Waals surface area contributed by atoms with Crippen LogP contribution in [-0.2, 0) is 12.0 Å². The van der Waals surface area contributed by atoms with Crippen molar-refractivity contribution in [2.45, 2.75) is 25.9 Å². The SMILES string of the molecule is CC1(C)c2ccccc2-c2cc3c(COc4ccccc4N)c4ccccc4c(-c4ccc(-c5ccccn5)nc4)c3cc21. The Kier molecular flexibility index (Phi) is 5.98. The zero-order valence-corrected chi connectivity index (χ0v) is 24.7. The summed E-state index contributed by atoms with van der Waals surface area (Å²) >= 11 is 0. The number of benzene rings is 5. The third-order valence-corrected chi connectivity index (χ3v) is 9.11. The second-order valence-corrected chi connectivity index (χ2v) is 12.0. The summed E-state index contributed by atoms with van der Waals surface area (Å²) in [7, 11) is 0. The molecule has 2 heterocycles. The quantitative estimate of drug-likeness (QED) is 0.166. The van der Waals surface area contributed by atoms with Gasteiger partial charge in [-0.2, -0.15) is 0 Å². The monoisotopic (exact) mass is 569 g/mol. The van der Waals surface area contributed by atoms with Crippen LogP contribution in [-0.4, -0.2) is 9.97 Å². The van der Waals surface area contributed by atoms with Gasteiger partial charge in [0.1, 0.15) is 12.4 Å². The molecule has 0 atom stereocenters. The van der Waals surface area contributed by atoms with Crippen LogP contribution in [0.2, 0.25) is 0 Å². The Balaban J connectivity index is 1.40. The fourth-order valence-corrected chi connectivity index (χ4v) is 6.89. The molecule has 2 N–H and O–H groups in total. The van der Waals surface area contributed by atoms with Gasteiger partial charge in [0, 0.05) is 28.9 Å². The summed E-state index contributed by atoms with van der Waals surface area (Å²) in [5.41, 5.74) is 17.2. The highest BCUT2D eigenvalue weighted by atomic mass is 16.5. The van der Waals surface area contributed by atoms with Crippen LogP contribution >= 0.6 is 0 Å². The molecule has 5 aromatic carbocycles. The minimum atomic E-state index is -0.126. The van der Waals surface area contributed by atoms with Gasteiger partial charge in [0.15, 0.2) is 0 Å². The predicted octanol–water partition coefficient (Wildman–Crippen LogP) is 9.58. The molecule has 0 bridgehead atoms. The number of anilines is 1. The predicted molar refractivity (Wildman–Crippen MR) is 181 cm³/mol. The van der Waals surface area contributed by atoms with Crippen LogP contribution in [0, 0.1) is 0 Å². The van der Waals surface area contributed by atoms with Gasteiger partial charge in [-0.1, -0.05) is 86.6 Å². The van der Waals surface area contributed by atoms with Gasteiger partial charge in [-0.3, -0.25) is 9.97 Å². The average Bonchev–Trinajstić information content (AvgIpc) is 3.29. The number of ether oxygens (including phenoxy) is 1. The van der Waals surface area contributed by atoms with Crippen molar-refractivity contribution in [1.82, 2.24) is 9.97 Å². The molecule has 7 aromatic rings. The molecule has 0 aliphatic heterocycles. The maximum absolute atomic E-state index is 6.43. The van der Waals surface area contributed by atoms with Crippen molar-refractivity contribution >= 4 is 27.2 Å². The van der Waals surface area contributed by atoms with Crippen molar-refractivity contribution in [3.8, 4) is 39.4 Å². The molecule has 0 amide bonds. The Morgan fingerprint density at radius 2 is 1.39 bits per heavy atom. The van der Waals surface area contributed by atoms with Gasteiger partial charge in [-0.05, 0) is 91.8 Å². The number of pyridine rings is 2. The van der Waals surface area contributed by atoms with Crippen molar-refractivity contribution in [1.29, 1.82) is 0 Å². The van der Waals surface area contributed by atoms with E-state index in [0.717, 1.165) is 27.9 Å². The smallest absolute Gasteiger partial charge is 0.142 e. The minimum Gasteiger partial charge on any atom is -0.487 e. The molecule has 0 fully saturated rings. The van der Waals surface area contributed by atoms with E-state index in [9.17, 15) is 0 Å². The molecule has 1 aliphatic rings. The van der Waals surface area contributed by atoms with Gasteiger partial charge in [-0.15, -0.1) is 0 Å². The van der Waals surface area contributed by atoms with Crippen LogP contribution in [0.5, 0.6) is 5.75 Å². The molecule has 0 radical (unpaired) electrons. The Bertz CT molecular complexity index is 2200. The molecule has 0 spiro atoms. The lowest BCUT2D eigenvalue weighted by molar-refractivity contribution is 0.311. The maximum Gasteiger partial charge on any atom is 0.142 e. The van der Waals surface area contributed by atoms with Gasteiger partial charge in [-0.25, -0.2) is 0 Å². The number of fused-ring (bicyclic) bond motifs is 5. The van der Waals surface area contributed by atoms with E-state index >= 15 is 0 Å². The summed E-state index contributed by atoms with van der Waals surface area (Å²) in [4.78, 5) is 9.38. The van der Waals surface area contributed by atoms with Crippen molar-refractivity contribution in [3.63, 3.8) is 0 Å². The number of hydrogen-bond donors (Lipinski definition) is 1. The van der Waals surface area contributed by atoms with Crippen LogP contribution in [0.3, 0.4) is 0 Å². The number of nitrogens with two attached hydrogens (primary N) is 1. The molecular formula is C40H31N3O. The molecule has 212 valence electrons. The average molecular weight is 570 g/mol. The van der Waals surface area contributed by atoms with E-state index in [-0.39, 0.29) is 5.41 Å². The summed E-state index contributed by atoms with van der Waals surface area (Å²) in [5.74, 6) is 0.691. The lowest BCUT2D eigenvalue weighted by Gasteiger charge is -2.23. The largest absolute Gasteiger partial charge is 0.487 e. The van der Waals surface area contributed by atoms with Crippen LogP contribution in [0.25, 0.3) is 55.2 Å². The lowest BCUT2D eigenvalue weighted by Crippen LogP contribution is -2.15. The molecule has 44 heavy (non-hydrogen) atoms. The Morgan fingerprint density at radius 1 is 0.636 bits per heavy atom. The third-order valence-electron chi connectivity index (χ3n) is 9.11. The summed E-state index contributed by atoms with van der Waals surface area (Å²) in [6.07, 6.45) is 3.79. The maximum atomic E-state index is 6.43. The van der Waals surface area contributed by atoms with E-state index < -0.39 is 0 Å². The van der Waals surface area contributed by atoms with Crippen molar-refractivity contribution < 1.29 is 4.74 Å². The van der Waals surface area contributed by atoms with Crippen LogP contribution in [0.15, 0.2) is 128 Å². The standard InChI is InChI=1S/C40H31N3O/c1-40(2)33-14-6-5-12-27(33)30-21-29-31(22-34(30)40)39(25-18-19-37(43-23-25)36-16-9-10-20-42-36)28-13-4-3-11-26(28)32(29)24-44-38-17-8-7-15-35(38)41/h3-23H,24,41H2,1-2H3. The second kappa shape index (κ2) is 10.1. The fraction of sp³-hybridized carbons (Fsp3) is 0.100. The van der Waals surface area contributed by atoms with Gasteiger partial charge in [0.05, 0.1) is 17.1 Å². The number of aromatic nitrogens is 2. The van der Waals surface area contributed by atoms with E-state index in [0.29, 0.717) is 18.0 Å². The highest BCUT2D eigenvalue weighted by Gasteiger charge is 2.36. The Labute approximate surface area is 256 Å². The topological polar surface area (TPSA) is 61.0 Å². The van der Waals surface area contributed by atoms with Crippen molar-refractivity contribution in [2.24, 2.45) is 0 Å². The van der Waals surface area contributed by atoms with E-state index in [1.165, 1.54) is 44.0 Å². The number of nitrogen functional groups attached to an aromatic ring is 1. The van der Waals surface area contributed by atoms with E-state index in [2.05, 4.69) is 91.6 Å². The number of para-hydroxylation sites is 2. The van der Waals surface area contributed by atoms with Crippen LogP contribution in [0.1, 0.15) is 30.5 Å². The number of rotatable bonds is 5. The van der Waals surface area contributed by atoms with Crippen molar-refractivity contribution in [3.05, 3.63) is 144 Å². The fourth-order valence-electron chi connectivity index (χ4n) is 6.89. The first-order chi connectivity index (χ1) is 21.5. The Hall–Kier alpha value is -5.48. The molecule has 0 unspecified atom stereocenters. The highest BCUT2D eigenvalue weighted by Crippen LogP contribution is 2.52. The first kappa shape index (κ1) is 26.2. The zero-order valence-electron chi connectivity index (χ0n) is 24.7. The van der Waals surface area contributed by atoms with E-state index in [4.69, 9.17) is 15.5 Å². The zero-order chi connectivity index (χ0) is 29.8. The summed E-state index contributed by atoms with van der Waals surface area (Å²) < 4.78 is 6.43. The normalized spacial score (nSPS) is 13.1. The van der Waals surface area contributed by atoms with Gasteiger partial charge in [0.25, 0.3) is 0 Å². The molecule has 8 rings (SSSR count). The minimum absolute atomic E-state index is 0.126. The first-order valence-electron chi connectivity index (χ1n) is 15.0. The molecule has 4 heteroatoms. The lowest BCUT2D eigenvalue weighted by atomic mass is 9.80. The summed E-state index contributed by atoms with van der Waals surface area (Å²) in [6, 6.07) is 40.1. The molecular weight excluding hydrogens is 538 g/mol. The molecule has 1 aliphatic carbocycles. The molecule has 4 nitrogen and oxygen atoms in total. The second-order valence-electron chi connectivity index (χ2n) is 12.0. The first-order valence-corrected chi connectivity index (χ1v) is 15.0. The summed E-state index contributed by atoms with van der Waals surface area (Å²) in [6.45, 7) is 5.05. The number of nitrogens with zero attached hydrogens (tertiary/aromatic N) is 2. The third kappa shape index (κ3) is 4.06. The number of hydrogen-bond acceptors (Lipinski definition) is 4. The van der Waals surface area contributed by atoms with Gasteiger partial charge in [0.2, 0.25) is 0 Å². The van der Waals surface area contributed by atoms with Crippen LogP contribution in [0.4, 0.5) is 5.69 Å². The molecule has 0 saturated heterocycles. The van der Waals surface area contributed by atoms with E-state index in [1.54, 1.807) is 6.20 Å². The van der Waals surface area contributed by atoms with Crippen LogP contribution < -0.4 is 10.5 Å². The highest BCUT2D eigenvalue weighted by molar-refractivity contribution is 6.16. The van der Waals surface area contributed by atoms with E-state index in [1.807, 2.05) is 48.7 Å². The molecule has 0 saturated carbocycles. The van der Waals surface area contributed by atoms with Gasteiger partial charge >= 0.3 is 0 Å². The van der Waals surface area contributed by atoms with Crippen molar-refractivity contribution in [2.75, 3.05) is 5.73 Å². The van der Waals surface area contributed by atoms with Gasteiger partial charge < -0.3 is 10.5 Å². The molecule has 2 aromatic heterocycles. The summed E-state index contributed by atoms with van der Waals surface area (Å²) in [5, 5.41) is 4.69.